The third-order valence-electron chi connectivity index (χ3n) is 3.39. The van der Waals surface area contributed by atoms with Gasteiger partial charge in [-0.25, -0.2) is 8.78 Å². The van der Waals surface area contributed by atoms with Crippen LogP contribution >= 0.6 is 27.3 Å². The summed E-state index contributed by atoms with van der Waals surface area (Å²) in [7, 11) is 0. The predicted molar refractivity (Wildman–Crippen MR) is 84.5 cm³/mol. The topological polar surface area (TPSA) is 20.2 Å². The highest BCUT2D eigenvalue weighted by Crippen LogP contribution is 2.36. The molecule has 1 nitrogen and oxygen atoms in total. The molecule has 5 heteroatoms. The molecule has 1 aromatic heterocycles. The van der Waals surface area contributed by atoms with Crippen molar-refractivity contribution < 1.29 is 13.9 Å². The molecule has 0 spiro atoms. The first-order chi connectivity index (χ1) is 10.1. The highest BCUT2D eigenvalue weighted by Gasteiger charge is 2.17. The Morgan fingerprint density at radius 1 is 1.14 bits per heavy atom. The molecule has 1 heterocycles. The number of thiophene rings is 1. The van der Waals surface area contributed by atoms with Crippen molar-refractivity contribution in [3.63, 3.8) is 0 Å². The standard InChI is InChI=1S/C16H11BrF2OS/c17-12-5-2-4-10-11(8-21-16(10)12)14(20)7-9-3-1-6-13(18)15(9)19/h1-6,8,14,20H,7H2. The molecule has 1 atom stereocenters. The molecule has 21 heavy (non-hydrogen) atoms. The van der Waals surface area contributed by atoms with Gasteiger partial charge in [-0.15, -0.1) is 11.3 Å². The van der Waals surface area contributed by atoms with Gasteiger partial charge < -0.3 is 5.11 Å². The summed E-state index contributed by atoms with van der Waals surface area (Å²) in [6, 6.07) is 9.74. The second-order valence-corrected chi connectivity index (χ2v) is 6.47. The van der Waals surface area contributed by atoms with Gasteiger partial charge in [-0.05, 0) is 50.0 Å². The van der Waals surface area contributed by atoms with Crippen LogP contribution in [-0.4, -0.2) is 5.11 Å². The van der Waals surface area contributed by atoms with Gasteiger partial charge in [0.25, 0.3) is 0 Å². The molecule has 0 bridgehead atoms. The molecule has 2 aromatic carbocycles. The zero-order valence-electron chi connectivity index (χ0n) is 10.8. The second-order valence-electron chi connectivity index (χ2n) is 4.74. The number of halogens is 3. The van der Waals surface area contributed by atoms with Crippen LogP contribution in [0.2, 0.25) is 0 Å². The Morgan fingerprint density at radius 3 is 2.71 bits per heavy atom. The normalized spacial score (nSPS) is 12.8. The minimum absolute atomic E-state index is 0.0436. The molecule has 0 saturated heterocycles. The highest BCUT2D eigenvalue weighted by molar-refractivity contribution is 9.10. The van der Waals surface area contributed by atoms with Gasteiger partial charge in [0.1, 0.15) is 0 Å². The van der Waals surface area contributed by atoms with Crippen LogP contribution in [-0.2, 0) is 6.42 Å². The zero-order valence-corrected chi connectivity index (χ0v) is 13.2. The molecule has 0 aliphatic carbocycles. The number of aliphatic hydroxyl groups excluding tert-OH is 1. The minimum Gasteiger partial charge on any atom is -0.388 e. The van der Waals surface area contributed by atoms with Crippen molar-refractivity contribution in [3.05, 3.63) is 69.0 Å². The fraction of sp³-hybridized carbons (Fsp3) is 0.125. The van der Waals surface area contributed by atoms with Gasteiger partial charge in [0.15, 0.2) is 11.6 Å². The fourth-order valence-electron chi connectivity index (χ4n) is 2.32. The van der Waals surface area contributed by atoms with Crippen LogP contribution in [0.5, 0.6) is 0 Å². The molecule has 1 N–H and O–H groups in total. The van der Waals surface area contributed by atoms with Crippen LogP contribution in [0.1, 0.15) is 17.2 Å². The maximum atomic E-state index is 13.7. The molecular formula is C16H11BrF2OS. The smallest absolute Gasteiger partial charge is 0.162 e. The lowest BCUT2D eigenvalue weighted by Crippen LogP contribution is -2.04. The van der Waals surface area contributed by atoms with Gasteiger partial charge in [0.2, 0.25) is 0 Å². The van der Waals surface area contributed by atoms with Gasteiger partial charge in [0.05, 0.1) is 6.10 Å². The van der Waals surface area contributed by atoms with E-state index in [0.29, 0.717) is 0 Å². The maximum absolute atomic E-state index is 13.7. The molecule has 0 fully saturated rings. The quantitative estimate of drug-likeness (QED) is 0.671. The summed E-state index contributed by atoms with van der Waals surface area (Å²) in [6.07, 6.45) is -0.827. The van der Waals surface area contributed by atoms with E-state index in [2.05, 4.69) is 15.9 Å². The molecule has 0 saturated carbocycles. The molecule has 0 amide bonds. The Labute approximate surface area is 133 Å². The van der Waals surface area contributed by atoms with Gasteiger partial charge in [-0.3, -0.25) is 0 Å². The fourth-order valence-corrected chi connectivity index (χ4v) is 3.99. The number of hydrogen-bond acceptors (Lipinski definition) is 2. The SMILES string of the molecule is OC(Cc1cccc(F)c1F)c1csc2c(Br)cccc12. The highest BCUT2D eigenvalue weighted by atomic mass is 79.9. The van der Waals surface area contributed by atoms with Gasteiger partial charge in [-0.1, -0.05) is 24.3 Å². The summed E-state index contributed by atoms with van der Waals surface area (Å²) in [5.74, 6) is -1.78. The lowest BCUT2D eigenvalue weighted by Gasteiger charge is -2.11. The molecule has 0 radical (unpaired) electrons. The second kappa shape index (κ2) is 5.83. The molecule has 3 aromatic rings. The van der Waals surface area contributed by atoms with Crippen molar-refractivity contribution in [2.75, 3.05) is 0 Å². The summed E-state index contributed by atoms with van der Waals surface area (Å²) in [6.45, 7) is 0. The van der Waals surface area contributed by atoms with E-state index in [1.807, 2.05) is 23.6 Å². The summed E-state index contributed by atoms with van der Waals surface area (Å²) < 4.78 is 28.9. The van der Waals surface area contributed by atoms with Gasteiger partial charge >= 0.3 is 0 Å². The average Bonchev–Trinajstić information content (AvgIpc) is 2.89. The van der Waals surface area contributed by atoms with E-state index in [1.54, 1.807) is 0 Å². The average molecular weight is 369 g/mol. The molecule has 1 unspecified atom stereocenters. The van der Waals surface area contributed by atoms with Crippen molar-refractivity contribution in [2.45, 2.75) is 12.5 Å². The van der Waals surface area contributed by atoms with Crippen molar-refractivity contribution >= 4 is 37.4 Å². The number of fused-ring (bicyclic) bond motifs is 1. The Bertz CT molecular complexity index is 800. The first kappa shape index (κ1) is 14.6. The van der Waals surface area contributed by atoms with Crippen LogP contribution in [0.4, 0.5) is 8.78 Å². The number of hydrogen-bond donors (Lipinski definition) is 1. The Hall–Kier alpha value is -1.30. The Balaban J connectivity index is 1.96. The van der Waals surface area contributed by atoms with Crippen LogP contribution < -0.4 is 0 Å². The zero-order chi connectivity index (χ0) is 15.0. The van der Waals surface area contributed by atoms with E-state index in [4.69, 9.17) is 0 Å². The number of rotatable bonds is 3. The monoisotopic (exact) mass is 368 g/mol. The van der Waals surface area contributed by atoms with Crippen molar-refractivity contribution in [3.8, 4) is 0 Å². The van der Waals surface area contributed by atoms with Gasteiger partial charge in [-0.2, -0.15) is 0 Å². The first-order valence-corrected chi connectivity index (χ1v) is 8.01. The third-order valence-corrected chi connectivity index (χ3v) is 5.36. The first-order valence-electron chi connectivity index (χ1n) is 6.34. The van der Waals surface area contributed by atoms with Crippen LogP contribution in [0.25, 0.3) is 10.1 Å². The molecule has 0 aliphatic heterocycles. The molecule has 0 aliphatic rings. The summed E-state index contributed by atoms with van der Waals surface area (Å²) in [5, 5.41) is 13.2. The molecule has 108 valence electrons. The van der Waals surface area contributed by atoms with E-state index in [0.717, 1.165) is 26.2 Å². The van der Waals surface area contributed by atoms with Crippen LogP contribution in [0.15, 0.2) is 46.3 Å². The number of aliphatic hydroxyl groups is 1. The maximum Gasteiger partial charge on any atom is 0.162 e. The van der Waals surface area contributed by atoms with Crippen LogP contribution in [0.3, 0.4) is 0 Å². The van der Waals surface area contributed by atoms with Crippen molar-refractivity contribution in [2.24, 2.45) is 0 Å². The van der Waals surface area contributed by atoms with E-state index < -0.39 is 17.7 Å². The van der Waals surface area contributed by atoms with Gasteiger partial charge in [0, 0.05) is 15.6 Å². The third kappa shape index (κ3) is 2.73. The molecular weight excluding hydrogens is 358 g/mol. The van der Waals surface area contributed by atoms with E-state index in [9.17, 15) is 13.9 Å². The Kier molecular flexibility index (Phi) is 4.06. The minimum atomic E-state index is -0.891. The van der Waals surface area contributed by atoms with E-state index in [-0.39, 0.29) is 12.0 Å². The van der Waals surface area contributed by atoms with Crippen LogP contribution in [0, 0.1) is 11.6 Å². The van der Waals surface area contributed by atoms with E-state index in [1.165, 1.54) is 23.5 Å². The Morgan fingerprint density at radius 2 is 1.90 bits per heavy atom. The molecule has 3 rings (SSSR count). The number of benzene rings is 2. The largest absolute Gasteiger partial charge is 0.388 e. The summed E-state index contributed by atoms with van der Waals surface area (Å²) in [4.78, 5) is 0. The van der Waals surface area contributed by atoms with E-state index >= 15 is 0 Å². The summed E-state index contributed by atoms with van der Waals surface area (Å²) >= 11 is 4.98. The summed E-state index contributed by atoms with van der Waals surface area (Å²) in [5.41, 5.74) is 0.914. The lowest BCUT2D eigenvalue weighted by atomic mass is 10.0. The van der Waals surface area contributed by atoms with Crippen molar-refractivity contribution in [1.29, 1.82) is 0 Å². The lowest BCUT2D eigenvalue weighted by molar-refractivity contribution is 0.178. The van der Waals surface area contributed by atoms with Crippen molar-refractivity contribution in [1.82, 2.24) is 0 Å². The predicted octanol–water partition coefficient (Wildman–Crippen LogP) is 5.22.